The lowest BCUT2D eigenvalue weighted by atomic mass is 9.99. The number of carbonyl (C=O) groups excluding carboxylic acids is 1. The van der Waals surface area contributed by atoms with Gasteiger partial charge in [0.05, 0.1) is 11.1 Å². The Kier molecular flexibility index (Phi) is 4.31. The molecule has 0 atom stereocenters. The van der Waals surface area contributed by atoms with Crippen molar-refractivity contribution < 1.29 is 13.6 Å². The third kappa shape index (κ3) is 3.09. The summed E-state index contributed by atoms with van der Waals surface area (Å²) < 4.78 is 20.4. The minimum atomic E-state index is -0.564. The van der Waals surface area contributed by atoms with Crippen molar-refractivity contribution in [3.8, 4) is 11.1 Å². The normalized spacial score (nSPS) is 11.0. The fourth-order valence-corrected chi connectivity index (χ4v) is 3.16. The number of halogens is 1. The monoisotopic (exact) mass is 376 g/mol. The van der Waals surface area contributed by atoms with Crippen LogP contribution in [-0.4, -0.2) is 10.5 Å². The van der Waals surface area contributed by atoms with E-state index in [1.807, 2.05) is 31.2 Å². The van der Waals surface area contributed by atoms with Gasteiger partial charge in [0.25, 0.3) is 5.91 Å². The Labute approximate surface area is 160 Å². The zero-order valence-corrected chi connectivity index (χ0v) is 15.3. The van der Waals surface area contributed by atoms with Crippen molar-refractivity contribution in [3.63, 3.8) is 0 Å². The first-order chi connectivity index (χ1) is 13.4. The number of benzene rings is 3. The molecular formula is C22H17FN2O3. The number of fused-ring (bicyclic) bond motifs is 1. The SMILES string of the molecule is Cc1cc2oc(=O)n(C)c2cc1-c1ccc(NC(=O)c2ccccc2F)cc1. The molecule has 1 aromatic heterocycles. The van der Waals surface area contributed by atoms with Gasteiger partial charge in [0, 0.05) is 12.7 Å². The molecule has 0 saturated heterocycles. The van der Waals surface area contributed by atoms with Crippen LogP contribution in [0.3, 0.4) is 0 Å². The highest BCUT2D eigenvalue weighted by Gasteiger charge is 2.13. The lowest BCUT2D eigenvalue weighted by Gasteiger charge is -2.09. The third-order valence-electron chi connectivity index (χ3n) is 4.71. The fraction of sp³-hybridized carbons (Fsp3) is 0.0909. The first-order valence-corrected chi connectivity index (χ1v) is 8.70. The fourth-order valence-electron chi connectivity index (χ4n) is 3.16. The molecule has 0 aliphatic heterocycles. The number of aromatic nitrogens is 1. The Hall–Kier alpha value is -3.67. The molecule has 5 nitrogen and oxygen atoms in total. The molecule has 140 valence electrons. The second kappa shape index (κ2) is 6.81. The summed E-state index contributed by atoms with van der Waals surface area (Å²) in [5.74, 6) is -1.47. The number of amides is 1. The molecular weight excluding hydrogens is 359 g/mol. The van der Waals surface area contributed by atoms with Crippen LogP contribution in [0.25, 0.3) is 22.2 Å². The maximum atomic E-state index is 13.7. The summed E-state index contributed by atoms with van der Waals surface area (Å²) in [6.45, 7) is 1.94. The summed E-state index contributed by atoms with van der Waals surface area (Å²) in [5.41, 5.74) is 4.66. The van der Waals surface area contributed by atoms with Crippen LogP contribution >= 0.6 is 0 Å². The van der Waals surface area contributed by atoms with E-state index in [0.717, 1.165) is 16.7 Å². The number of nitrogens with one attached hydrogen (secondary N) is 1. The van der Waals surface area contributed by atoms with Crippen LogP contribution in [0.1, 0.15) is 15.9 Å². The van der Waals surface area contributed by atoms with Gasteiger partial charge in [-0.15, -0.1) is 0 Å². The number of hydrogen-bond acceptors (Lipinski definition) is 3. The highest BCUT2D eigenvalue weighted by Crippen LogP contribution is 2.29. The van der Waals surface area contributed by atoms with Gasteiger partial charge in [-0.05, 0) is 60.0 Å². The standard InChI is InChI=1S/C22H17FN2O3/c1-13-11-20-19(25(2)22(27)28-20)12-17(13)14-7-9-15(10-8-14)24-21(26)16-5-3-4-6-18(16)23/h3-12H,1-2H3,(H,24,26). The molecule has 1 N–H and O–H groups in total. The topological polar surface area (TPSA) is 64.2 Å². The zero-order chi connectivity index (χ0) is 19.8. The molecule has 0 unspecified atom stereocenters. The van der Waals surface area contributed by atoms with Gasteiger partial charge >= 0.3 is 5.76 Å². The molecule has 1 heterocycles. The van der Waals surface area contributed by atoms with Gasteiger partial charge in [0.2, 0.25) is 0 Å². The average Bonchev–Trinajstić information content (AvgIpc) is 2.95. The molecule has 0 spiro atoms. The average molecular weight is 376 g/mol. The van der Waals surface area contributed by atoms with Crippen LogP contribution in [0.15, 0.2) is 69.9 Å². The molecule has 0 bridgehead atoms. The predicted molar refractivity (Wildman–Crippen MR) is 106 cm³/mol. The van der Waals surface area contributed by atoms with Gasteiger partial charge < -0.3 is 9.73 Å². The highest BCUT2D eigenvalue weighted by atomic mass is 19.1. The van der Waals surface area contributed by atoms with E-state index in [1.165, 1.54) is 22.8 Å². The Morgan fingerprint density at radius 3 is 2.50 bits per heavy atom. The van der Waals surface area contributed by atoms with Gasteiger partial charge in [-0.3, -0.25) is 9.36 Å². The molecule has 0 saturated carbocycles. The molecule has 4 rings (SSSR count). The van der Waals surface area contributed by atoms with Crippen molar-refractivity contribution in [2.45, 2.75) is 6.92 Å². The molecule has 0 radical (unpaired) electrons. The summed E-state index contributed by atoms with van der Waals surface area (Å²) in [6.07, 6.45) is 0. The van der Waals surface area contributed by atoms with Crippen molar-refractivity contribution >= 4 is 22.7 Å². The molecule has 28 heavy (non-hydrogen) atoms. The molecule has 0 fully saturated rings. The summed E-state index contributed by atoms with van der Waals surface area (Å²) in [5, 5.41) is 2.70. The van der Waals surface area contributed by atoms with E-state index in [0.29, 0.717) is 16.8 Å². The minimum absolute atomic E-state index is 0.00579. The van der Waals surface area contributed by atoms with Gasteiger partial charge in [0.1, 0.15) is 5.82 Å². The maximum Gasteiger partial charge on any atom is 0.419 e. The van der Waals surface area contributed by atoms with E-state index in [-0.39, 0.29) is 5.56 Å². The smallest absolute Gasteiger partial charge is 0.408 e. The van der Waals surface area contributed by atoms with E-state index >= 15 is 0 Å². The number of hydrogen-bond donors (Lipinski definition) is 1. The highest BCUT2D eigenvalue weighted by molar-refractivity contribution is 6.04. The largest absolute Gasteiger partial charge is 0.419 e. The van der Waals surface area contributed by atoms with E-state index < -0.39 is 17.5 Å². The first-order valence-electron chi connectivity index (χ1n) is 8.70. The van der Waals surface area contributed by atoms with Crippen molar-refractivity contribution in [1.82, 2.24) is 4.57 Å². The van der Waals surface area contributed by atoms with E-state index in [2.05, 4.69) is 5.32 Å². The molecule has 6 heteroatoms. The van der Waals surface area contributed by atoms with Gasteiger partial charge in [-0.1, -0.05) is 24.3 Å². The summed E-state index contributed by atoms with van der Waals surface area (Å²) >= 11 is 0. The second-order valence-electron chi connectivity index (χ2n) is 6.57. The lowest BCUT2D eigenvalue weighted by Crippen LogP contribution is -2.13. The van der Waals surface area contributed by atoms with Gasteiger partial charge in [-0.2, -0.15) is 0 Å². The lowest BCUT2D eigenvalue weighted by molar-refractivity contribution is 0.102. The van der Waals surface area contributed by atoms with Gasteiger partial charge in [0.15, 0.2) is 5.58 Å². The van der Waals surface area contributed by atoms with Gasteiger partial charge in [-0.25, -0.2) is 9.18 Å². The molecule has 0 aliphatic carbocycles. The van der Waals surface area contributed by atoms with Crippen LogP contribution in [0.5, 0.6) is 0 Å². The first kappa shape index (κ1) is 17.7. The number of oxazole rings is 1. The summed E-state index contributed by atoms with van der Waals surface area (Å²) in [7, 11) is 1.66. The van der Waals surface area contributed by atoms with Crippen LogP contribution in [0.2, 0.25) is 0 Å². The van der Waals surface area contributed by atoms with Crippen molar-refractivity contribution in [3.05, 3.63) is 88.2 Å². The number of carbonyl (C=O) groups is 1. The maximum absolute atomic E-state index is 13.7. The third-order valence-corrected chi connectivity index (χ3v) is 4.71. The predicted octanol–water partition coefficient (Wildman–Crippen LogP) is 4.50. The summed E-state index contributed by atoms with van der Waals surface area (Å²) in [4.78, 5) is 24.0. The van der Waals surface area contributed by atoms with Crippen molar-refractivity contribution in [2.24, 2.45) is 7.05 Å². The Balaban J connectivity index is 1.63. The second-order valence-corrected chi connectivity index (χ2v) is 6.57. The molecule has 4 aromatic rings. The number of rotatable bonds is 3. The Morgan fingerprint density at radius 1 is 1.07 bits per heavy atom. The van der Waals surface area contributed by atoms with E-state index in [9.17, 15) is 14.0 Å². The van der Waals surface area contributed by atoms with Crippen LogP contribution < -0.4 is 11.1 Å². The quantitative estimate of drug-likeness (QED) is 0.573. The number of aryl methyl sites for hydroxylation is 2. The molecule has 3 aromatic carbocycles. The van der Waals surface area contributed by atoms with Crippen LogP contribution in [0, 0.1) is 12.7 Å². The molecule has 0 aliphatic rings. The van der Waals surface area contributed by atoms with Crippen molar-refractivity contribution in [2.75, 3.05) is 5.32 Å². The minimum Gasteiger partial charge on any atom is -0.408 e. The summed E-state index contributed by atoms with van der Waals surface area (Å²) in [6, 6.07) is 16.8. The van der Waals surface area contributed by atoms with E-state index in [4.69, 9.17) is 4.42 Å². The van der Waals surface area contributed by atoms with E-state index in [1.54, 1.807) is 25.2 Å². The Morgan fingerprint density at radius 2 is 1.79 bits per heavy atom. The van der Waals surface area contributed by atoms with Crippen LogP contribution in [0.4, 0.5) is 10.1 Å². The number of anilines is 1. The Bertz CT molecular complexity index is 1250. The molecule has 1 amide bonds. The number of nitrogens with zero attached hydrogens (tertiary/aromatic N) is 1. The zero-order valence-electron chi connectivity index (χ0n) is 15.3. The van der Waals surface area contributed by atoms with Crippen molar-refractivity contribution in [1.29, 1.82) is 0 Å². The van der Waals surface area contributed by atoms with Crippen LogP contribution in [-0.2, 0) is 7.05 Å².